The van der Waals surface area contributed by atoms with Gasteiger partial charge in [-0.05, 0) is 41.0 Å². The molecule has 23 heavy (non-hydrogen) atoms. The van der Waals surface area contributed by atoms with Crippen molar-refractivity contribution in [3.05, 3.63) is 81.9 Å². The molecule has 0 unspecified atom stereocenters. The molecule has 114 valence electrons. The minimum atomic E-state index is -0.397. The molecular formula is C18H13ClN2O2. The minimum absolute atomic E-state index is 0.0253. The lowest BCUT2D eigenvalue weighted by Crippen LogP contribution is -1.94. The standard InChI is InChI=1S/C18H13ClN2O2/c19-13-7-10-18(21(22)23)17(11-13)16-4-2-1-3-15(16)12-5-8-14(20)9-6-12/h1-11H,20H2. The molecule has 3 aromatic rings. The van der Waals surface area contributed by atoms with Gasteiger partial charge in [0.2, 0.25) is 0 Å². The maximum atomic E-state index is 11.3. The van der Waals surface area contributed by atoms with E-state index in [4.69, 9.17) is 17.3 Å². The van der Waals surface area contributed by atoms with Gasteiger partial charge in [0.05, 0.1) is 10.5 Å². The van der Waals surface area contributed by atoms with Crippen molar-refractivity contribution >= 4 is 23.0 Å². The van der Waals surface area contributed by atoms with Crippen LogP contribution in [0.25, 0.3) is 22.3 Å². The molecule has 0 aliphatic carbocycles. The molecule has 2 N–H and O–H groups in total. The highest BCUT2D eigenvalue weighted by molar-refractivity contribution is 6.31. The van der Waals surface area contributed by atoms with Gasteiger partial charge < -0.3 is 5.73 Å². The van der Waals surface area contributed by atoms with Gasteiger partial charge in [-0.25, -0.2) is 0 Å². The average molecular weight is 325 g/mol. The largest absolute Gasteiger partial charge is 0.399 e. The second kappa shape index (κ2) is 6.10. The maximum absolute atomic E-state index is 11.3. The van der Waals surface area contributed by atoms with Crippen LogP contribution in [0.4, 0.5) is 11.4 Å². The Morgan fingerprint density at radius 1 is 0.870 bits per heavy atom. The monoisotopic (exact) mass is 324 g/mol. The van der Waals surface area contributed by atoms with E-state index in [1.54, 1.807) is 18.2 Å². The molecule has 3 rings (SSSR count). The van der Waals surface area contributed by atoms with Crippen LogP contribution in [0.2, 0.25) is 5.02 Å². The van der Waals surface area contributed by atoms with E-state index in [0.717, 1.165) is 16.7 Å². The maximum Gasteiger partial charge on any atom is 0.277 e. The van der Waals surface area contributed by atoms with Crippen molar-refractivity contribution in [2.75, 3.05) is 5.73 Å². The van der Waals surface area contributed by atoms with Gasteiger partial charge in [0, 0.05) is 16.8 Å². The Morgan fingerprint density at radius 2 is 1.52 bits per heavy atom. The molecular weight excluding hydrogens is 312 g/mol. The summed E-state index contributed by atoms with van der Waals surface area (Å²) in [5.74, 6) is 0. The molecule has 4 nitrogen and oxygen atoms in total. The van der Waals surface area contributed by atoms with Crippen molar-refractivity contribution in [2.45, 2.75) is 0 Å². The number of nitrogen functional groups attached to an aromatic ring is 1. The van der Waals surface area contributed by atoms with E-state index in [9.17, 15) is 10.1 Å². The van der Waals surface area contributed by atoms with Crippen molar-refractivity contribution in [3.8, 4) is 22.3 Å². The summed E-state index contributed by atoms with van der Waals surface area (Å²) in [7, 11) is 0. The number of nitro groups is 1. The lowest BCUT2D eigenvalue weighted by Gasteiger charge is -2.11. The van der Waals surface area contributed by atoms with Crippen LogP contribution in [-0.4, -0.2) is 4.92 Å². The number of nitrogens with two attached hydrogens (primary N) is 1. The normalized spacial score (nSPS) is 10.5. The third-order valence-electron chi connectivity index (χ3n) is 3.59. The van der Waals surface area contributed by atoms with E-state index in [2.05, 4.69) is 0 Å². The van der Waals surface area contributed by atoms with E-state index in [-0.39, 0.29) is 5.69 Å². The van der Waals surface area contributed by atoms with Crippen LogP contribution < -0.4 is 5.73 Å². The Labute approximate surface area is 138 Å². The Hall–Kier alpha value is -2.85. The topological polar surface area (TPSA) is 69.2 Å². The molecule has 0 fully saturated rings. The first-order valence-electron chi connectivity index (χ1n) is 6.95. The number of anilines is 1. The zero-order valence-electron chi connectivity index (χ0n) is 12.1. The van der Waals surface area contributed by atoms with Crippen molar-refractivity contribution in [1.29, 1.82) is 0 Å². The van der Waals surface area contributed by atoms with Crippen molar-refractivity contribution in [2.24, 2.45) is 0 Å². The molecule has 0 radical (unpaired) electrons. The number of hydrogen-bond donors (Lipinski definition) is 1. The average Bonchev–Trinajstić information content (AvgIpc) is 2.55. The minimum Gasteiger partial charge on any atom is -0.399 e. The SMILES string of the molecule is Nc1ccc(-c2ccccc2-c2cc(Cl)ccc2[N+](=O)[O-])cc1. The predicted molar refractivity (Wildman–Crippen MR) is 93.4 cm³/mol. The summed E-state index contributed by atoms with van der Waals surface area (Å²) < 4.78 is 0. The van der Waals surface area contributed by atoms with Gasteiger partial charge in [0.25, 0.3) is 5.69 Å². The molecule has 0 saturated heterocycles. The Kier molecular flexibility index (Phi) is 4.00. The van der Waals surface area contributed by atoms with Crippen LogP contribution >= 0.6 is 11.6 Å². The Balaban J connectivity index is 2.24. The molecule has 0 spiro atoms. The molecule has 0 saturated carbocycles. The fraction of sp³-hybridized carbons (Fsp3) is 0. The highest BCUT2D eigenvalue weighted by Gasteiger charge is 2.18. The number of benzene rings is 3. The molecule has 0 heterocycles. The second-order valence-corrected chi connectivity index (χ2v) is 5.52. The van der Waals surface area contributed by atoms with Gasteiger partial charge in [0.1, 0.15) is 0 Å². The summed E-state index contributed by atoms with van der Waals surface area (Å²) in [6.07, 6.45) is 0. The van der Waals surface area contributed by atoms with Crippen molar-refractivity contribution in [1.82, 2.24) is 0 Å². The van der Waals surface area contributed by atoms with Gasteiger partial charge >= 0.3 is 0 Å². The van der Waals surface area contributed by atoms with Gasteiger partial charge in [-0.3, -0.25) is 10.1 Å². The molecule has 0 aromatic heterocycles. The summed E-state index contributed by atoms with van der Waals surface area (Å²) in [6, 6.07) is 19.5. The molecule has 5 heteroatoms. The van der Waals surface area contributed by atoms with Crippen LogP contribution in [0.1, 0.15) is 0 Å². The first-order valence-corrected chi connectivity index (χ1v) is 7.33. The van der Waals surface area contributed by atoms with Crippen LogP contribution in [0, 0.1) is 10.1 Å². The first-order chi connectivity index (χ1) is 11.1. The predicted octanol–water partition coefficient (Wildman–Crippen LogP) is 5.16. The number of nitrogens with zero attached hydrogens (tertiary/aromatic N) is 1. The number of rotatable bonds is 3. The Bertz CT molecular complexity index is 876. The lowest BCUT2D eigenvalue weighted by atomic mass is 9.93. The van der Waals surface area contributed by atoms with E-state index >= 15 is 0 Å². The Morgan fingerprint density at radius 3 is 2.17 bits per heavy atom. The summed E-state index contributed by atoms with van der Waals surface area (Å²) in [4.78, 5) is 10.9. The second-order valence-electron chi connectivity index (χ2n) is 5.09. The van der Waals surface area contributed by atoms with Crippen molar-refractivity contribution < 1.29 is 4.92 Å². The van der Waals surface area contributed by atoms with Crippen LogP contribution in [0.5, 0.6) is 0 Å². The molecule has 0 amide bonds. The van der Waals surface area contributed by atoms with Crippen LogP contribution in [0.3, 0.4) is 0 Å². The summed E-state index contributed by atoms with van der Waals surface area (Å²) >= 11 is 6.05. The number of nitro benzene ring substituents is 1. The summed E-state index contributed by atoms with van der Waals surface area (Å²) in [5.41, 5.74) is 9.50. The first kappa shape index (κ1) is 15.1. The van der Waals surface area contributed by atoms with Gasteiger partial charge in [-0.15, -0.1) is 0 Å². The summed E-state index contributed by atoms with van der Waals surface area (Å²) in [5, 5.41) is 11.8. The number of hydrogen-bond acceptors (Lipinski definition) is 3. The van der Waals surface area contributed by atoms with Crippen LogP contribution in [-0.2, 0) is 0 Å². The quantitative estimate of drug-likeness (QED) is 0.411. The molecule has 0 atom stereocenters. The van der Waals surface area contributed by atoms with E-state index < -0.39 is 4.92 Å². The summed E-state index contributed by atoms with van der Waals surface area (Å²) in [6.45, 7) is 0. The molecule has 0 aliphatic rings. The molecule has 0 aliphatic heterocycles. The van der Waals surface area contributed by atoms with Crippen molar-refractivity contribution in [3.63, 3.8) is 0 Å². The zero-order chi connectivity index (χ0) is 16.4. The fourth-order valence-corrected chi connectivity index (χ4v) is 2.69. The highest BCUT2D eigenvalue weighted by Crippen LogP contribution is 2.38. The van der Waals surface area contributed by atoms with Crippen LogP contribution in [0.15, 0.2) is 66.7 Å². The third kappa shape index (κ3) is 3.03. The molecule has 0 bridgehead atoms. The van der Waals surface area contributed by atoms with E-state index in [1.165, 1.54) is 12.1 Å². The zero-order valence-corrected chi connectivity index (χ0v) is 12.8. The third-order valence-corrected chi connectivity index (χ3v) is 3.83. The highest BCUT2D eigenvalue weighted by atomic mass is 35.5. The van der Waals surface area contributed by atoms with E-state index in [0.29, 0.717) is 16.3 Å². The van der Waals surface area contributed by atoms with E-state index in [1.807, 2.05) is 36.4 Å². The van der Waals surface area contributed by atoms with Gasteiger partial charge in [-0.2, -0.15) is 0 Å². The fourth-order valence-electron chi connectivity index (χ4n) is 2.52. The molecule has 3 aromatic carbocycles. The van der Waals surface area contributed by atoms with Gasteiger partial charge in [0.15, 0.2) is 0 Å². The lowest BCUT2D eigenvalue weighted by molar-refractivity contribution is -0.384. The van der Waals surface area contributed by atoms with Gasteiger partial charge in [-0.1, -0.05) is 48.0 Å². The number of halogens is 1. The smallest absolute Gasteiger partial charge is 0.277 e.